The number of furan rings is 1. The molecule has 102 valence electrons. The monoisotopic (exact) mass is 305 g/mol. The first-order valence-corrected chi connectivity index (χ1v) is 8.15. The molecule has 0 aliphatic heterocycles. The molecule has 0 saturated heterocycles. The first-order valence-electron chi connectivity index (χ1n) is 6.12. The fourth-order valence-corrected chi connectivity index (χ4v) is 3.55. The summed E-state index contributed by atoms with van der Waals surface area (Å²) >= 11 is 3.30. The number of rotatable bonds is 5. The van der Waals surface area contributed by atoms with Crippen LogP contribution < -0.4 is 0 Å². The molecule has 0 radical (unpaired) electrons. The van der Waals surface area contributed by atoms with E-state index in [0.29, 0.717) is 0 Å². The number of thiazole rings is 1. The Morgan fingerprint density at radius 1 is 1.20 bits per heavy atom. The standard InChI is InChI=1S/C15H12FNOS2/c16-12-4-1-3-11(7-12)8-19-9-13-10-20-15(17-13)14-5-2-6-18-14/h1-7,10H,8-9H2. The van der Waals surface area contributed by atoms with Gasteiger partial charge in [0.15, 0.2) is 10.8 Å². The molecule has 0 spiro atoms. The molecule has 2 heterocycles. The van der Waals surface area contributed by atoms with E-state index in [1.165, 1.54) is 6.07 Å². The fourth-order valence-electron chi connectivity index (χ4n) is 1.79. The van der Waals surface area contributed by atoms with Gasteiger partial charge in [0.2, 0.25) is 0 Å². The molecule has 0 amide bonds. The Kier molecular flexibility index (Phi) is 4.18. The third-order valence-electron chi connectivity index (χ3n) is 2.69. The van der Waals surface area contributed by atoms with Crippen LogP contribution in [0.5, 0.6) is 0 Å². The van der Waals surface area contributed by atoms with Crippen molar-refractivity contribution in [1.82, 2.24) is 4.98 Å². The number of benzene rings is 1. The summed E-state index contributed by atoms with van der Waals surface area (Å²) < 4.78 is 18.4. The van der Waals surface area contributed by atoms with Crippen LogP contribution in [0, 0.1) is 5.82 Å². The lowest BCUT2D eigenvalue weighted by molar-refractivity contribution is 0.581. The minimum absolute atomic E-state index is 0.183. The number of aromatic nitrogens is 1. The largest absolute Gasteiger partial charge is 0.462 e. The summed E-state index contributed by atoms with van der Waals surface area (Å²) in [7, 11) is 0. The SMILES string of the molecule is Fc1cccc(CSCc2csc(-c3ccco3)n2)c1. The molecule has 0 N–H and O–H groups in total. The second kappa shape index (κ2) is 6.24. The lowest BCUT2D eigenvalue weighted by Crippen LogP contribution is -1.85. The maximum atomic E-state index is 13.0. The van der Waals surface area contributed by atoms with Gasteiger partial charge < -0.3 is 4.42 Å². The Labute approximate surface area is 124 Å². The molecular formula is C15H12FNOS2. The van der Waals surface area contributed by atoms with Gasteiger partial charge in [0.05, 0.1) is 12.0 Å². The Bertz CT molecular complexity index is 679. The van der Waals surface area contributed by atoms with Gasteiger partial charge in [0.1, 0.15) is 5.82 Å². The third kappa shape index (κ3) is 3.29. The van der Waals surface area contributed by atoms with Gasteiger partial charge in [-0.1, -0.05) is 12.1 Å². The Balaban J connectivity index is 1.57. The fraction of sp³-hybridized carbons (Fsp3) is 0.133. The summed E-state index contributed by atoms with van der Waals surface area (Å²) in [5.74, 6) is 2.22. The van der Waals surface area contributed by atoms with Crippen LogP contribution in [0.4, 0.5) is 4.39 Å². The maximum Gasteiger partial charge on any atom is 0.162 e. The van der Waals surface area contributed by atoms with Crippen molar-refractivity contribution in [1.29, 1.82) is 0 Å². The van der Waals surface area contributed by atoms with Crippen molar-refractivity contribution < 1.29 is 8.81 Å². The second-order valence-electron chi connectivity index (χ2n) is 4.24. The molecule has 2 aromatic heterocycles. The lowest BCUT2D eigenvalue weighted by Gasteiger charge is -2.00. The number of halogens is 1. The van der Waals surface area contributed by atoms with Crippen LogP contribution in [0.15, 0.2) is 52.5 Å². The van der Waals surface area contributed by atoms with Crippen LogP contribution in [-0.2, 0) is 11.5 Å². The first kappa shape index (κ1) is 13.4. The van der Waals surface area contributed by atoms with Crippen molar-refractivity contribution >= 4 is 23.1 Å². The normalized spacial score (nSPS) is 10.8. The molecule has 0 atom stereocenters. The van der Waals surface area contributed by atoms with Gasteiger partial charge >= 0.3 is 0 Å². The van der Waals surface area contributed by atoms with Crippen LogP contribution >= 0.6 is 23.1 Å². The van der Waals surface area contributed by atoms with Gasteiger partial charge in [0, 0.05) is 16.9 Å². The topological polar surface area (TPSA) is 26.0 Å². The van der Waals surface area contributed by atoms with Gasteiger partial charge in [-0.15, -0.1) is 11.3 Å². The van der Waals surface area contributed by atoms with Crippen molar-refractivity contribution in [2.45, 2.75) is 11.5 Å². The van der Waals surface area contributed by atoms with E-state index in [1.54, 1.807) is 41.5 Å². The van der Waals surface area contributed by atoms with Gasteiger partial charge in [-0.3, -0.25) is 0 Å². The molecule has 5 heteroatoms. The molecule has 0 aliphatic rings. The Hall–Kier alpha value is -1.59. The van der Waals surface area contributed by atoms with E-state index < -0.39 is 0 Å². The minimum atomic E-state index is -0.183. The molecule has 0 aliphatic carbocycles. The molecule has 3 rings (SSSR count). The van der Waals surface area contributed by atoms with Gasteiger partial charge in [0.25, 0.3) is 0 Å². The highest BCUT2D eigenvalue weighted by atomic mass is 32.2. The van der Waals surface area contributed by atoms with Crippen LogP contribution in [0.1, 0.15) is 11.3 Å². The van der Waals surface area contributed by atoms with E-state index in [4.69, 9.17) is 4.42 Å². The Morgan fingerprint density at radius 2 is 2.15 bits per heavy atom. The van der Waals surface area contributed by atoms with Crippen LogP contribution in [0.25, 0.3) is 10.8 Å². The number of hydrogen-bond acceptors (Lipinski definition) is 4. The Morgan fingerprint density at radius 3 is 2.95 bits per heavy atom. The van der Waals surface area contributed by atoms with Crippen molar-refractivity contribution in [3.8, 4) is 10.8 Å². The summed E-state index contributed by atoms with van der Waals surface area (Å²) in [6.07, 6.45) is 1.65. The van der Waals surface area contributed by atoms with Gasteiger partial charge in [-0.2, -0.15) is 11.8 Å². The molecule has 3 aromatic rings. The molecule has 20 heavy (non-hydrogen) atoms. The van der Waals surface area contributed by atoms with Crippen molar-refractivity contribution in [2.75, 3.05) is 0 Å². The molecule has 1 aromatic carbocycles. The smallest absolute Gasteiger partial charge is 0.162 e. The van der Waals surface area contributed by atoms with E-state index in [-0.39, 0.29) is 5.82 Å². The molecule has 0 unspecified atom stereocenters. The highest BCUT2D eigenvalue weighted by molar-refractivity contribution is 7.97. The zero-order chi connectivity index (χ0) is 13.8. The van der Waals surface area contributed by atoms with Gasteiger partial charge in [-0.05, 0) is 29.8 Å². The summed E-state index contributed by atoms with van der Waals surface area (Å²) in [4.78, 5) is 4.53. The van der Waals surface area contributed by atoms with Crippen molar-refractivity contribution in [3.05, 3.63) is 65.1 Å². The molecule has 0 saturated carbocycles. The molecule has 0 bridgehead atoms. The zero-order valence-electron chi connectivity index (χ0n) is 10.6. The highest BCUT2D eigenvalue weighted by Crippen LogP contribution is 2.26. The summed E-state index contributed by atoms with van der Waals surface area (Å²) in [5.41, 5.74) is 2.03. The van der Waals surface area contributed by atoms with E-state index in [2.05, 4.69) is 4.98 Å². The summed E-state index contributed by atoms with van der Waals surface area (Å²) in [5, 5.41) is 2.94. The molecule has 2 nitrogen and oxygen atoms in total. The van der Waals surface area contributed by atoms with E-state index >= 15 is 0 Å². The summed E-state index contributed by atoms with van der Waals surface area (Å²) in [6.45, 7) is 0. The van der Waals surface area contributed by atoms with Gasteiger partial charge in [-0.25, -0.2) is 9.37 Å². The third-order valence-corrected chi connectivity index (χ3v) is 4.63. The quantitative estimate of drug-likeness (QED) is 0.665. The van der Waals surface area contributed by atoms with E-state index in [9.17, 15) is 4.39 Å². The zero-order valence-corrected chi connectivity index (χ0v) is 12.2. The summed E-state index contributed by atoms with van der Waals surface area (Å²) in [6, 6.07) is 10.5. The average molecular weight is 305 g/mol. The first-order chi connectivity index (χ1) is 9.81. The molecular weight excluding hydrogens is 293 g/mol. The average Bonchev–Trinajstić information content (AvgIpc) is 3.09. The molecule has 0 fully saturated rings. The van der Waals surface area contributed by atoms with Crippen molar-refractivity contribution in [2.24, 2.45) is 0 Å². The predicted molar refractivity (Wildman–Crippen MR) is 81.2 cm³/mol. The highest BCUT2D eigenvalue weighted by Gasteiger charge is 2.07. The minimum Gasteiger partial charge on any atom is -0.462 e. The van der Waals surface area contributed by atoms with Crippen molar-refractivity contribution in [3.63, 3.8) is 0 Å². The number of hydrogen-bond donors (Lipinski definition) is 0. The number of thioether (sulfide) groups is 1. The number of nitrogens with zero attached hydrogens (tertiary/aromatic N) is 1. The van der Waals surface area contributed by atoms with E-state index in [1.807, 2.05) is 23.6 Å². The maximum absolute atomic E-state index is 13.0. The predicted octanol–water partition coefficient (Wildman–Crippen LogP) is 4.98. The second-order valence-corrected chi connectivity index (χ2v) is 6.09. The van der Waals surface area contributed by atoms with Crippen LogP contribution in [-0.4, -0.2) is 4.98 Å². The lowest BCUT2D eigenvalue weighted by atomic mass is 10.2. The van der Waals surface area contributed by atoms with Crippen LogP contribution in [0.2, 0.25) is 0 Å². The van der Waals surface area contributed by atoms with E-state index in [0.717, 1.165) is 33.5 Å². The van der Waals surface area contributed by atoms with Crippen LogP contribution in [0.3, 0.4) is 0 Å².